The van der Waals surface area contributed by atoms with Crippen LogP contribution in [0.1, 0.15) is 47.0 Å². The molecular formula is C15H32N2O. The molecule has 1 aliphatic rings. The molecule has 1 atom stereocenters. The molecule has 0 aromatic carbocycles. The van der Waals surface area contributed by atoms with Crippen LogP contribution in [0.25, 0.3) is 0 Å². The predicted octanol–water partition coefficient (Wildman–Crippen LogP) is 2.10. The summed E-state index contributed by atoms with van der Waals surface area (Å²) < 4.78 is 0. The van der Waals surface area contributed by atoms with Gasteiger partial charge in [0.15, 0.2) is 0 Å². The summed E-state index contributed by atoms with van der Waals surface area (Å²) in [5.74, 6) is 0.863. The number of likely N-dealkylation sites (tertiary alicyclic amines) is 1. The Kier molecular flexibility index (Phi) is 5.63. The molecule has 0 aromatic rings. The van der Waals surface area contributed by atoms with Gasteiger partial charge in [-0.25, -0.2) is 0 Å². The van der Waals surface area contributed by atoms with Crippen molar-refractivity contribution in [3.05, 3.63) is 0 Å². The van der Waals surface area contributed by atoms with E-state index in [0.717, 1.165) is 18.9 Å². The van der Waals surface area contributed by atoms with Crippen molar-refractivity contribution in [1.82, 2.24) is 10.2 Å². The number of aliphatic hydroxyl groups is 1. The summed E-state index contributed by atoms with van der Waals surface area (Å²) >= 11 is 0. The second kappa shape index (κ2) is 6.36. The van der Waals surface area contributed by atoms with Crippen molar-refractivity contribution in [1.29, 1.82) is 0 Å². The van der Waals surface area contributed by atoms with Crippen LogP contribution in [0.15, 0.2) is 0 Å². The van der Waals surface area contributed by atoms with Crippen molar-refractivity contribution in [2.24, 2.45) is 11.3 Å². The molecule has 0 amide bonds. The third kappa shape index (κ3) is 4.52. The van der Waals surface area contributed by atoms with E-state index in [0.29, 0.717) is 5.41 Å². The zero-order valence-corrected chi connectivity index (χ0v) is 12.9. The van der Waals surface area contributed by atoms with Crippen LogP contribution in [0.2, 0.25) is 0 Å². The van der Waals surface area contributed by atoms with Crippen molar-refractivity contribution < 1.29 is 5.11 Å². The number of rotatable bonds is 5. The molecule has 1 aliphatic heterocycles. The van der Waals surface area contributed by atoms with E-state index in [1.807, 2.05) is 7.05 Å². The molecule has 0 spiro atoms. The Morgan fingerprint density at radius 2 is 1.72 bits per heavy atom. The van der Waals surface area contributed by atoms with E-state index < -0.39 is 0 Å². The van der Waals surface area contributed by atoms with Gasteiger partial charge in [0.1, 0.15) is 0 Å². The lowest BCUT2D eigenvalue weighted by Crippen LogP contribution is -2.47. The van der Waals surface area contributed by atoms with Gasteiger partial charge in [-0.05, 0) is 64.2 Å². The molecular weight excluding hydrogens is 224 g/mol. The average Bonchev–Trinajstić information content (AvgIpc) is 2.35. The van der Waals surface area contributed by atoms with Crippen molar-refractivity contribution in [3.63, 3.8) is 0 Å². The summed E-state index contributed by atoms with van der Waals surface area (Å²) in [6.45, 7) is 12.9. The lowest BCUT2D eigenvalue weighted by atomic mass is 9.75. The van der Waals surface area contributed by atoms with Crippen LogP contribution in [0.5, 0.6) is 0 Å². The lowest BCUT2D eigenvalue weighted by Gasteiger charge is -2.40. The van der Waals surface area contributed by atoms with E-state index in [2.05, 4.69) is 37.9 Å². The van der Waals surface area contributed by atoms with Crippen LogP contribution >= 0.6 is 0 Å². The van der Waals surface area contributed by atoms with E-state index in [1.165, 1.54) is 25.9 Å². The minimum absolute atomic E-state index is 0.124. The van der Waals surface area contributed by atoms with Crippen molar-refractivity contribution in [2.75, 3.05) is 33.3 Å². The van der Waals surface area contributed by atoms with Crippen LogP contribution < -0.4 is 5.32 Å². The van der Waals surface area contributed by atoms with E-state index in [-0.39, 0.29) is 12.1 Å². The maximum atomic E-state index is 9.38. The maximum Gasteiger partial charge on any atom is 0.0610 e. The van der Waals surface area contributed by atoms with Gasteiger partial charge in [-0.3, -0.25) is 0 Å². The molecule has 1 unspecified atom stereocenters. The smallest absolute Gasteiger partial charge is 0.0610 e. The molecule has 1 heterocycles. The highest BCUT2D eigenvalue weighted by molar-refractivity contribution is 4.84. The van der Waals surface area contributed by atoms with Gasteiger partial charge in [0.05, 0.1) is 6.61 Å². The first-order valence-corrected chi connectivity index (χ1v) is 7.33. The van der Waals surface area contributed by atoms with Crippen molar-refractivity contribution in [2.45, 2.75) is 52.5 Å². The summed E-state index contributed by atoms with van der Waals surface area (Å²) in [6, 6.07) is 0. The highest BCUT2D eigenvalue weighted by Gasteiger charge is 2.29. The Morgan fingerprint density at radius 1 is 1.17 bits per heavy atom. The third-order valence-corrected chi connectivity index (χ3v) is 4.74. The highest BCUT2D eigenvalue weighted by Crippen LogP contribution is 2.34. The number of hydrogen-bond acceptors (Lipinski definition) is 3. The fourth-order valence-electron chi connectivity index (χ4n) is 2.71. The van der Waals surface area contributed by atoms with Crippen LogP contribution in [0.3, 0.4) is 0 Å². The van der Waals surface area contributed by atoms with E-state index in [9.17, 15) is 5.11 Å². The molecule has 18 heavy (non-hydrogen) atoms. The highest BCUT2D eigenvalue weighted by atomic mass is 16.3. The molecule has 0 bridgehead atoms. The zero-order chi connectivity index (χ0) is 13.8. The van der Waals surface area contributed by atoms with Gasteiger partial charge < -0.3 is 15.3 Å². The number of aliphatic hydroxyl groups excluding tert-OH is 1. The molecule has 1 rings (SSSR count). The predicted molar refractivity (Wildman–Crippen MR) is 77.8 cm³/mol. The molecule has 3 nitrogen and oxygen atoms in total. The molecule has 0 radical (unpaired) electrons. The fourth-order valence-corrected chi connectivity index (χ4v) is 2.71. The minimum atomic E-state index is -0.124. The summed E-state index contributed by atoms with van der Waals surface area (Å²) in [5, 5.41) is 12.6. The molecule has 1 fully saturated rings. The van der Waals surface area contributed by atoms with Gasteiger partial charge in [-0.15, -0.1) is 0 Å². The number of likely N-dealkylation sites (N-methyl/N-ethyl adjacent to an activating group) is 1. The molecule has 1 saturated heterocycles. The van der Waals surface area contributed by atoms with Crippen LogP contribution in [0.4, 0.5) is 0 Å². The third-order valence-electron chi connectivity index (χ3n) is 4.74. The monoisotopic (exact) mass is 256 g/mol. The number of nitrogens with zero attached hydrogens (tertiary/aromatic N) is 1. The first-order valence-electron chi connectivity index (χ1n) is 7.33. The van der Waals surface area contributed by atoms with Crippen molar-refractivity contribution >= 4 is 0 Å². The largest absolute Gasteiger partial charge is 0.394 e. The van der Waals surface area contributed by atoms with E-state index in [1.54, 1.807) is 0 Å². The first-order chi connectivity index (χ1) is 8.30. The molecule has 0 saturated carbocycles. The van der Waals surface area contributed by atoms with Gasteiger partial charge in [-0.1, -0.05) is 20.8 Å². The van der Waals surface area contributed by atoms with Gasteiger partial charge in [0.2, 0.25) is 0 Å². The molecule has 108 valence electrons. The quantitative estimate of drug-likeness (QED) is 0.791. The fraction of sp³-hybridized carbons (Fsp3) is 1.00. The van der Waals surface area contributed by atoms with Gasteiger partial charge in [-0.2, -0.15) is 0 Å². The normalized spacial score (nSPS) is 23.0. The van der Waals surface area contributed by atoms with E-state index >= 15 is 0 Å². The maximum absolute atomic E-state index is 9.38. The SMILES string of the molecule is CNC(C)(CO)CCN1CCC(C(C)(C)C)CC1. The summed E-state index contributed by atoms with van der Waals surface area (Å²) in [5.41, 5.74) is 0.331. The first kappa shape index (κ1) is 15.9. The summed E-state index contributed by atoms with van der Waals surface area (Å²) in [4.78, 5) is 2.55. The standard InChI is InChI=1S/C15H32N2O/c1-14(2,3)13-6-9-17(10-7-13)11-8-15(4,12-18)16-5/h13,16,18H,6-12H2,1-5H3. The second-order valence-electron chi connectivity index (χ2n) is 7.20. The zero-order valence-electron chi connectivity index (χ0n) is 12.9. The minimum Gasteiger partial charge on any atom is -0.394 e. The average molecular weight is 256 g/mol. The van der Waals surface area contributed by atoms with Gasteiger partial charge in [0.25, 0.3) is 0 Å². The van der Waals surface area contributed by atoms with Crippen LogP contribution in [-0.4, -0.2) is 48.8 Å². The van der Waals surface area contributed by atoms with Crippen LogP contribution in [0, 0.1) is 11.3 Å². The Morgan fingerprint density at radius 3 is 2.11 bits per heavy atom. The summed E-state index contributed by atoms with van der Waals surface area (Å²) in [7, 11) is 1.93. The molecule has 2 N–H and O–H groups in total. The molecule has 0 aliphatic carbocycles. The number of nitrogens with one attached hydrogen (secondary N) is 1. The second-order valence-corrected chi connectivity index (χ2v) is 7.20. The lowest BCUT2D eigenvalue weighted by molar-refractivity contribution is 0.0960. The van der Waals surface area contributed by atoms with Gasteiger partial charge in [0, 0.05) is 5.54 Å². The Balaban J connectivity index is 2.32. The topological polar surface area (TPSA) is 35.5 Å². The van der Waals surface area contributed by atoms with Gasteiger partial charge >= 0.3 is 0 Å². The molecule has 0 aromatic heterocycles. The number of piperidine rings is 1. The Bertz CT molecular complexity index is 235. The van der Waals surface area contributed by atoms with Crippen molar-refractivity contribution in [3.8, 4) is 0 Å². The Labute approximate surface area is 113 Å². The molecule has 3 heteroatoms. The number of hydrogen-bond donors (Lipinski definition) is 2. The van der Waals surface area contributed by atoms with E-state index in [4.69, 9.17) is 0 Å². The summed E-state index contributed by atoms with van der Waals surface area (Å²) in [6.07, 6.45) is 3.65. The Hall–Kier alpha value is -0.120. The van der Waals surface area contributed by atoms with Crippen LogP contribution in [-0.2, 0) is 0 Å².